The van der Waals surface area contributed by atoms with Gasteiger partial charge in [-0.3, -0.25) is 0 Å². The molecule has 0 atom stereocenters. The van der Waals surface area contributed by atoms with Crippen molar-refractivity contribution in [2.75, 3.05) is 0 Å². The van der Waals surface area contributed by atoms with Gasteiger partial charge in [-0.15, -0.1) is 71.7 Å². The molecule has 0 heterocycles. The molecule has 4 aromatic rings. The van der Waals surface area contributed by atoms with Crippen molar-refractivity contribution in [2.24, 2.45) is 0 Å². The number of halogens is 1. The summed E-state index contributed by atoms with van der Waals surface area (Å²) in [5.41, 5.74) is 0. The SMILES string of the molecule is Cl.[H-].[Zr+2].c1ccc2[cH-]ccc2c1.c1ccc2[cH-]ccc2c1. The van der Waals surface area contributed by atoms with Crippen LogP contribution in [-0.4, -0.2) is 0 Å². The van der Waals surface area contributed by atoms with Crippen molar-refractivity contribution >= 4 is 34.0 Å². The molecule has 0 N–H and O–H groups in total. The van der Waals surface area contributed by atoms with Crippen LogP contribution in [0.5, 0.6) is 0 Å². The molecule has 100 valence electrons. The van der Waals surface area contributed by atoms with Crippen LogP contribution in [0.4, 0.5) is 0 Å². The van der Waals surface area contributed by atoms with Crippen LogP contribution >= 0.6 is 12.4 Å². The van der Waals surface area contributed by atoms with Crippen LogP contribution in [0.2, 0.25) is 0 Å². The Morgan fingerprint density at radius 3 is 1.40 bits per heavy atom. The Balaban J connectivity index is 0.000000333. The van der Waals surface area contributed by atoms with E-state index in [1.807, 2.05) is 0 Å². The molecule has 0 aliphatic carbocycles. The second-order valence-corrected chi connectivity index (χ2v) is 4.31. The van der Waals surface area contributed by atoms with E-state index in [9.17, 15) is 0 Å². The summed E-state index contributed by atoms with van der Waals surface area (Å²) in [5.74, 6) is 0. The Bertz CT molecular complexity index is 631. The van der Waals surface area contributed by atoms with Gasteiger partial charge in [0.1, 0.15) is 0 Å². The quantitative estimate of drug-likeness (QED) is 0.356. The van der Waals surface area contributed by atoms with Gasteiger partial charge >= 0.3 is 26.2 Å². The Morgan fingerprint density at radius 2 is 1.00 bits per heavy atom. The molecule has 0 radical (unpaired) electrons. The van der Waals surface area contributed by atoms with E-state index in [1.54, 1.807) is 0 Å². The van der Waals surface area contributed by atoms with E-state index in [4.69, 9.17) is 0 Å². The van der Waals surface area contributed by atoms with E-state index >= 15 is 0 Å². The van der Waals surface area contributed by atoms with Crippen LogP contribution in [0.3, 0.4) is 0 Å². The summed E-state index contributed by atoms with van der Waals surface area (Å²) in [4.78, 5) is 0. The second kappa shape index (κ2) is 8.19. The summed E-state index contributed by atoms with van der Waals surface area (Å²) in [5, 5.41) is 5.32. The first-order valence-electron chi connectivity index (χ1n) is 6.14. The molecular weight excluding hydrogens is 343 g/mol. The fraction of sp³-hybridized carbons (Fsp3) is 0. The van der Waals surface area contributed by atoms with Gasteiger partial charge in [-0.2, -0.15) is 35.0 Å². The van der Waals surface area contributed by atoms with Crippen molar-refractivity contribution in [3.8, 4) is 0 Å². The molecular formula is C18H16ClZr-. The molecule has 4 aromatic carbocycles. The molecule has 0 amide bonds. The van der Waals surface area contributed by atoms with Crippen molar-refractivity contribution < 1.29 is 27.6 Å². The van der Waals surface area contributed by atoms with Gasteiger partial charge in [-0.25, -0.2) is 0 Å². The average molecular weight is 359 g/mol. The maximum absolute atomic E-state index is 2.12. The third-order valence-corrected chi connectivity index (χ3v) is 3.10. The zero-order valence-corrected chi connectivity index (χ0v) is 14.3. The molecule has 0 aliphatic rings. The van der Waals surface area contributed by atoms with Crippen molar-refractivity contribution in [1.82, 2.24) is 0 Å². The molecule has 0 saturated heterocycles. The maximum Gasteiger partial charge on any atom is 2.00 e. The number of hydrogen-bond acceptors (Lipinski definition) is 0. The van der Waals surface area contributed by atoms with Crippen molar-refractivity contribution in [1.29, 1.82) is 0 Å². The number of fused-ring (bicyclic) bond motifs is 2. The predicted octanol–water partition coefficient (Wildman–Crippen LogP) is 5.65. The van der Waals surface area contributed by atoms with Gasteiger partial charge < -0.3 is 1.43 Å². The first-order chi connectivity index (χ1) is 8.93. The molecule has 0 aliphatic heterocycles. The molecule has 20 heavy (non-hydrogen) atoms. The fourth-order valence-corrected chi connectivity index (χ4v) is 2.14. The molecule has 2 heteroatoms. The summed E-state index contributed by atoms with van der Waals surface area (Å²) in [6.45, 7) is 0. The fourth-order valence-electron chi connectivity index (χ4n) is 2.14. The molecule has 0 unspecified atom stereocenters. The summed E-state index contributed by atoms with van der Waals surface area (Å²) in [6, 6.07) is 29.3. The molecule has 0 bridgehead atoms. The van der Waals surface area contributed by atoms with Gasteiger partial charge in [0.25, 0.3) is 0 Å². The van der Waals surface area contributed by atoms with Gasteiger partial charge in [0.2, 0.25) is 0 Å². The molecule has 0 aromatic heterocycles. The van der Waals surface area contributed by atoms with Crippen molar-refractivity contribution in [3.63, 3.8) is 0 Å². The summed E-state index contributed by atoms with van der Waals surface area (Å²) < 4.78 is 0. The van der Waals surface area contributed by atoms with Gasteiger partial charge in [0.15, 0.2) is 0 Å². The third-order valence-electron chi connectivity index (χ3n) is 3.10. The van der Waals surface area contributed by atoms with E-state index in [-0.39, 0.29) is 40.0 Å². The van der Waals surface area contributed by atoms with Crippen LogP contribution in [0.1, 0.15) is 1.43 Å². The molecule has 0 nitrogen and oxygen atoms in total. The second-order valence-electron chi connectivity index (χ2n) is 4.31. The molecule has 4 rings (SSSR count). The normalized spacial score (nSPS) is 9.20. The summed E-state index contributed by atoms with van der Waals surface area (Å²) in [7, 11) is 0. The number of rotatable bonds is 0. The Labute approximate surface area is 146 Å². The number of hydrogen-bond donors (Lipinski definition) is 0. The van der Waals surface area contributed by atoms with E-state index in [1.165, 1.54) is 21.5 Å². The van der Waals surface area contributed by atoms with Gasteiger partial charge in [-0.1, -0.05) is 12.1 Å². The standard InChI is InChI=1S/2C9H7.ClH.Zr.H/c2*1-2-5-9-7-3-6-8(9)4-1;;;/h2*1-7H;1H;;/q2*-1;;+2;-1. The van der Waals surface area contributed by atoms with Crippen LogP contribution < -0.4 is 0 Å². The van der Waals surface area contributed by atoms with Crippen LogP contribution in [0.15, 0.2) is 84.9 Å². The zero-order chi connectivity index (χ0) is 12.2. The van der Waals surface area contributed by atoms with E-state index < -0.39 is 0 Å². The van der Waals surface area contributed by atoms with Gasteiger partial charge in [0, 0.05) is 0 Å². The summed E-state index contributed by atoms with van der Waals surface area (Å²) >= 11 is 0. The molecule has 0 saturated carbocycles. The van der Waals surface area contributed by atoms with Crippen molar-refractivity contribution in [3.05, 3.63) is 84.9 Å². The topological polar surface area (TPSA) is 0 Å². The van der Waals surface area contributed by atoms with Crippen molar-refractivity contribution in [2.45, 2.75) is 0 Å². The van der Waals surface area contributed by atoms with Crippen LogP contribution in [0, 0.1) is 0 Å². The molecule has 0 fully saturated rings. The molecule has 0 spiro atoms. The minimum atomic E-state index is 0. The van der Waals surface area contributed by atoms with Crippen LogP contribution in [-0.2, 0) is 26.2 Å². The average Bonchev–Trinajstić information content (AvgIpc) is 3.08. The van der Waals surface area contributed by atoms with Gasteiger partial charge in [0.05, 0.1) is 0 Å². The largest absolute Gasteiger partial charge is 2.00 e. The van der Waals surface area contributed by atoms with E-state index in [0.29, 0.717) is 0 Å². The third kappa shape index (κ3) is 3.91. The maximum atomic E-state index is 2.12. The minimum absolute atomic E-state index is 0. The smallest absolute Gasteiger partial charge is 1.00 e. The van der Waals surface area contributed by atoms with E-state index in [0.717, 1.165) is 0 Å². The zero-order valence-electron chi connectivity index (χ0n) is 12.0. The van der Waals surface area contributed by atoms with E-state index in [2.05, 4.69) is 84.9 Å². The Kier molecular flexibility index (Phi) is 6.92. The Morgan fingerprint density at radius 1 is 0.600 bits per heavy atom. The minimum Gasteiger partial charge on any atom is -1.00 e. The first kappa shape index (κ1) is 16.9. The number of benzene rings is 2. The summed E-state index contributed by atoms with van der Waals surface area (Å²) in [6.07, 6.45) is 0. The Hall–Kier alpha value is -1.17. The monoisotopic (exact) mass is 357 g/mol. The van der Waals surface area contributed by atoms with Gasteiger partial charge in [-0.05, 0) is 0 Å². The first-order valence-corrected chi connectivity index (χ1v) is 6.14. The predicted molar refractivity (Wildman–Crippen MR) is 87.4 cm³/mol. The van der Waals surface area contributed by atoms with Crippen LogP contribution in [0.25, 0.3) is 21.5 Å².